The molecular weight excluding hydrogens is 200 g/mol. The third kappa shape index (κ3) is 6.02. The molecule has 1 nitrogen and oxygen atoms in total. The molecule has 0 rings (SSSR count). The van der Waals surface area contributed by atoms with Crippen LogP contribution in [-0.4, -0.2) is 20.3 Å². The van der Waals surface area contributed by atoms with E-state index in [1.54, 1.807) is 0 Å². The first-order valence-corrected chi connectivity index (χ1v) is 8.60. The van der Waals surface area contributed by atoms with E-state index in [2.05, 4.69) is 66.1 Å². The summed E-state index contributed by atoms with van der Waals surface area (Å²) in [6.07, 6.45) is 0. The van der Waals surface area contributed by atoms with E-state index >= 15 is 0 Å². The molecule has 0 aromatic rings. The fourth-order valence-electron chi connectivity index (χ4n) is 0.697. The van der Waals surface area contributed by atoms with Crippen LogP contribution >= 0.6 is 0 Å². The molecule has 0 fully saturated rings. The van der Waals surface area contributed by atoms with Gasteiger partial charge < -0.3 is 4.74 Å². The van der Waals surface area contributed by atoms with E-state index in [0.29, 0.717) is 11.6 Å². The molecule has 0 saturated heterocycles. The van der Waals surface area contributed by atoms with Crippen LogP contribution in [-0.2, 0) is 4.74 Å². The molecule has 0 saturated carbocycles. The number of hydrogen-bond donors (Lipinski definition) is 0. The van der Waals surface area contributed by atoms with Crippen molar-refractivity contribution in [2.75, 3.05) is 6.61 Å². The zero-order valence-corrected chi connectivity index (χ0v) is 12.6. The average Bonchev–Trinajstić information content (AvgIpc) is 1.94. The van der Waals surface area contributed by atoms with E-state index in [0.717, 1.165) is 0 Å². The van der Waals surface area contributed by atoms with Gasteiger partial charge >= 0.3 is 0 Å². The topological polar surface area (TPSA) is 9.23 Å². The molecule has 0 spiro atoms. The Balaban J connectivity index is 4.30. The molecule has 0 unspecified atom stereocenters. The number of rotatable bonds is 1. The molecule has 0 radical (unpaired) electrons. The fourth-order valence-corrected chi connectivity index (χ4v) is 1.59. The summed E-state index contributed by atoms with van der Waals surface area (Å²) in [6.45, 7) is 18.2. The lowest BCUT2D eigenvalue weighted by atomic mass is 10.2. The van der Waals surface area contributed by atoms with Crippen LogP contribution in [0.2, 0.25) is 18.1 Å². The molecule has 0 aliphatic heterocycles. The van der Waals surface area contributed by atoms with Gasteiger partial charge in [0.2, 0.25) is 0 Å². The molecule has 0 atom stereocenters. The summed E-state index contributed by atoms with van der Waals surface area (Å²) >= 11 is 0. The van der Waals surface area contributed by atoms with Gasteiger partial charge in [0.25, 0.3) is 0 Å². The monoisotopic (exact) mass is 226 g/mol. The summed E-state index contributed by atoms with van der Waals surface area (Å²) in [5.74, 6) is 3.18. The highest BCUT2D eigenvalue weighted by Crippen LogP contribution is 2.34. The second-order valence-corrected chi connectivity index (χ2v) is 11.6. The number of hydrogen-bond acceptors (Lipinski definition) is 1. The Labute approximate surface area is 96.6 Å². The van der Waals surface area contributed by atoms with Crippen molar-refractivity contribution in [3.05, 3.63) is 0 Å². The quantitative estimate of drug-likeness (QED) is 0.487. The molecule has 0 aromatic carbocycles. The van der Waals surface area contributed by atoms with Gasteiger partial charge in [-0.1, -0.05) is 39.8 Å². The minimum atomic E-state index is -1.44. The highest BCUT2D eigenvalue weighted by atomic mass is 28.3. The van der Waals surface area contributed by atoms with Crippen molar-refractivity contribution in [3.8, 4) is 11.5 Å². The van der Waals surface area contributed by atoms with Gasteiger partial charge in [-0.3, -0.25) is 0 Å². The van der Waals surface area contributed by atoms with E-state index in [1.807, 2.05) is 0 Å². The van der Waals surface area contributed by atoms with Crippen molar-refractivity contribution >= 4 is 8.07 Å². The maximum Gasteiger partial charge on any atom is 0.137 e. The summed E-state index contributed by atoms with van der Waals surface area (Å²) in [6, 6.07) is 0. The van der Waals surface area contributed by atoms with Gasteiger partial charge in [0.05, 0.1) is 5.60 Å². The van der Waals surface area contributed by atoms with E-state index < -0.39 is 8.07 Å². The molecule has 0 N–H and O–H groups in total. The van der Waals surface area contributed by atoms with E-state index in [1.165, 1.54) is 0 Å². The summed E-state index contributed by atoms with van der Waals surface area (Å²) in [4.78, 5) is 0. The fraction of sp³-hybridized carbons (Fsp3) is 0.846. The second kappa shape index (κ2) is 4.72. The zero-order valence-electron chi connectivity index (χ0n) is 11.6. The molecule has 88 valence electrons. The minimum absolute atomic E-state index is 0.0812. The van der Waals surface area contributed by atoms with Crippen LogP contribution in [0.5, 0.6) is 0 Å². The van der Waals surface area contributed by atoms with E-state index in [-0.39, 0.29) is 5.60 Å². The highest BCUT2D eigenvalue weighted by molar-refractivity contribution is 6.87. The van der Waals surface area contributed by atoms with Crippen molar-refractivity contribution in [2.24, 2.45) is 0 Å². The molecule has 0 aliphatic rings. The van der Waals surface area contributed by atoms with Gasteiger partial charge in [-0.15, -0.1) is 5.54 Å². The Morgan fingerprint density at radius 2 is 1.47 bits per heavy atom. The maximum absolute atomic E-state index is 5.59. The first-order valence-electron chi connectivity index (χ1n) is 5.60. The van der Waals surface area contributed by atoms with Crippen molar-refractivity contribution in [1.82, 2.24) is 0 Å². The molecule has 0 bridgehead atoms. The molecule has 0 aromatic heterocycles. The summed E-state index contributed by atoms with van der Waals surface area (Å²) in [5, 5.41) is 0.335. The minimum Gasteiger partial charge on any atom is -0.363 e. The lowest BCUT2D eigenvalue weighted by Crippen LogP contribution is -2.35. The van der Waals surface area contributed by atoms with Crippen LogP contribution in [0.4, 0.5) is 0 Å². The lowest BCUT2D eigenvalue weighted by Gasteiger charge is -2.31. The first kappa shape index (κ1) is 14.7. The largest absolute Gasteiger partial charge is 0.363 e. The molecule has 0 aliphatic carbocycles. The molecular formula is C13H26OSi. The van der Waals surface area contributed by atoms with Crippen molar-refractivity contribution in [2.45, 2.75) is 65.3 Å². The first-order chi connectivity index (χ1) is 6.46. The molecule has 0 amide bonds. The third-order valence-electron chi connectivity index (χ3n) is 2.85. The second-order valence-electron chi connectivity index (χ2n) is 6.58. The van der Waals surface area contributed by atoms with Crippen molar-refractivity contribution in [1.29, 1.82) is 0 Å². The Hall–Kier alpha value is -0.263. The Kier molecular flexibility index (Phi) is 4.63. The van der Waals surface area contributed by atoms with E-state index in [4.69, 9.17) is 4.74 Å². The SMILES string of the molecule is CC(C)(C)OCC#C[Si](C)(C)C(C)(C)C. The van der Waals surface area contributed by atoms with Gasteiger partial charge in [0.1, 0.15) is 14.7 Å². The molecule has 0 heterocycles. The average molecular weight is 226 g/mol. The van der Waals surface area contributed by atoms with Crippen molar-refractivity contribution < 1.29 is 4.74 Å². The third-order valence-corrected chi connectivity index (χ3v) is 7.41. The normalized spacial score (nSPS) is 13.3. The summed E-state index contributed by atoms with van der Waals surface area (Å²) in [7, 11) is -1.44. The summed E-state index contributed by atoms with van der Waals surface area (Å²) < 4.78 is 5.59. The number of ether oxygens (including phenoxy) is 1. The Morgan fingerprint density at radius 1 is 1.00 bits per heavy atom. The predicted octanol–water partition coefficient (Wildman–Crippen LogP) is 3.85. The van der Waals surface area contributed by atoms with Crippen LogP contribution in [0.25, 0.3) is 0 Å². The van der Waals surface area contributed by atoms with Crippen LogP contribution in [0.3, 0.4) is 0 Å². The van der Waals surface area contributed by atoms with E-state index in [9.17, 15) is 0 Å². The highest BCUT2D eigenvalue weighted by Gasteiger charge is 2.33. The predicted molar refractivity (Wildman–Crippen MR) is 70.7 cm³/mol. The molecule has 15 heavy (non-hydrogen) atoms. The smallest absolute Gasteiger partial charge is 0.137 e. The van der Waals surface area contributed by atoms with Crippen LogP contribution in [0, 0.1) is 11.5 Å². The maximum atomic E-state index is 5.59. The zero-order chi connectivity index (χ0) is 12.3. The van der Waals surface area contributed by atoms with Crippen molar-refractivity contribution in [3.63, 3.8) is 0 Å². The van der Waals surface area contributed by atoms with Crippen LogP contribution < -0.4 is 0 Å². The van der Waals surface area contributed by atoms with Gasteiger partial charge in [0, 0.05) is 0 Å². The Bertz CT molecular complexity index is 255. The lowest BCUT2D eigenvalue weighted by molar-refractivity contribution is 0.0181. The van der Waals surface area contributed by atoms with Crippen LogP contribution in [0.1, 0.15) is 41.5 Å². The van der Waals surface area contributed by atoms with Gasteiger partial charge in [-0.05, 0) is 25.8 Å². The standard InChI is InChI=1S/C13H26OSi/c1-12(2,3)14-10-9-11-15(7,8)13(4,5)6/h10H2,1-8H3. The summed E-state index contributed by atoms with van der Waals surface area (Å²) in [5.41, 5.74) is 3.35. The van der Waals surface area contributed by atoms with Gasteiger partial charge in [0.15, 0.2) is 0 Å². The Morgan fingerprint density at radius 3 is 1.80 bits per heavy atom. The molecule has 2 heteroatoms. The van der Waals surface area contributed by atoms with Gasteiger partial charge in [-0.2, -0.15) is 0 Å². The van der Waals surface area contributed by atoms with Crippen LogP contribution in [0.15, 0.2) is 0 Å². The van der Waals surface area contributed by atoms with Gasteiger partial charge in [-0.25, -0.2) is 0 Å².